The zero-order valence-electron chi connectivity index (χ0n) is 8.94. The number of aromatic nitrogens is 1. The first-order chi connectivity index (χ1) is 7.72. The van der Waals surface area contributed by atoms with E-state index in [4.69, 9.17) is 0 Å². The number of carbonyl (C=O) groups is 1. The highest BCUT2D eigenvalue weighted by Gasteiger charge is 2.05. The quantitative estimate of drug-likeness (QED) is 0.810. The van der Waals surface area contributed by atoms with E-state index in [2.05, 4.69) is 25.2 Å². The number of carbonyl (C=O) groups excluding carboxylic acids is 1. The maximum atomic E-state index is 11.1. The summed E-state index contributed by atoms with van der Waals surface area (Å²) >= 11 is 3.50. The van der Waals surface area contributed by atoms with Gasteiger partial charge in [-0.05, 0) is 18.2 Å². The fourth-order valence-corrected chi connectivity index (χ4v) is 2.18. The molecule has 0 saturated heterocycles. The van der Waals surface area contributed by atoms with Crippen LogP contribution < -0.4 is 0 Å². The third-order valence-electron chi connectivity index (χ3n) is 2.54. The highest BCUT2D eigenvalue weighted by molar-refractivity contribution is 9.10. The Morgan fingerprint density at radius 1 is 1.44 bits per heavy atom. The number of rotatable bonds is 3. The Balaban J connectivity index is 2.25. The van der Waals surface area contributed by atoms with Gasteiger partial charge in [0.15, 0.2) is 0 Å². The molecule has 1 heterocycles. The molecule has 4 heteroatoms. The van der Waals surface area contributed by atoms with Crippen molar-refractivity contribution in [3.8, 4) is 0 Å². The average Bonchev–Trinajstić information content (AvgIpc) is 2.70. The molecule has 0 spiro atoms. The summed E-state index contributed by atoms with van der Waals surface area (Å²) in [4.78, 5) is 11.1. The Morgan fingerprint density at radius 3 is 3.00 bits per heavy atom. The van der Waals surface area contributed by atoms with E-state index < -0.39 is 0 Å². The Kier molecular flexibility index (Phi) is 3.29. The molecular formula is C12H12BrNO2. The van der Waals surface area contributed by atoms with E-state index in [1.807, 2.05) is 30.5 Å². The largest absolute Gasteiger partial charge is 0.469 e. The minimum atomic E-state index is -0.183. The second-order valence-electron chi connectivity index (χ2n) is 3.51. The van der Waals surface area contributed by atoms with E-state index in [1.165, 1.54) is 7.11 Å². The van der Waals surface area contributed by atoms with Crippen molar-refractivity contribution >= 4 is 32.8 Å². The van der Waals surface area contributed by atoms with E-state index in [-0.39, 0.29) is 5.97 Å². The Morgan fingerprint density at radius 2 is 2.25 bits per heavy atom. The van der Waals surface area contributed by atoms with Gasteiger partial charge in [-0.2, -0.15) is 0 Å². The topological polar surface area (TPSA) is 31.2 Å². The number of hydrogen-bond acceptors (Lipinski definition) is 2. The van der Waals surface area contributed by atoms with Crippen LogP contribution in [0.4, 0.5) is 0 Å². The second kappa shape index (κ2) is 4.70. The van der Waals surface area contributed by atoms with Gasteiger partial charge < -0.3 is 9.30 Å². The zero-order chi connectivity index (χ0) is 11.5. The number of ether oxygens (including phenoxy) is 1. The van der Waals surface area contributed by atoms with E-state index >= 15 is 0 Å². The molecule has 16 heavy (non-hydrogen) atoms. The molecule has 2 aromatic rings. The molecule has 0 N–H and O–H groups in total. The first-order valence-corrected chi connectivity index (χ1v) is 5.82. The molecule has 0 amide bonds. The number of halogens is 1. The molecule has 3 nitrogen and oxygen atoms in total. The third-order valence-corrected chi connectivity index (χ3v) is 3.24. The lowest BCUT2D eigenvalue weighted by Gasteiger charge is -2.04. The van der Waals surface area contributed by atoms with E-state index in [0.717, 1.165) is 15.4 Å². The SMILES string of the molecule is COC(=O)CCn1ccc2c(Br)cccc21. The van der Waals surface area contributed by atoms with Crippen molar-refractivity contribution in [3.05, 3.63) is 34.9 Å². The van der Waals surface area contributed by atoms with E-state index in [1.54, 1.807) is 0 Å². The first kappa shape index (κ1) is 11.2. The molecule has 2 rings (SSSR count). The molecule has 0 aliphatic carbocycles. The van der Waals surface area contributed by atoms with Crippen LogP contribution in [-0.4, -0.2) is 17.6 Å². The molecule has 0 radical (unpaired) electrons. The standard InChI is InChI=1S/C12H12BrNO2/c1-16-12(15)6-8-14-7-5-9-10(13)3-2-4-11(9)14/h2-5,7H,6,8H2,1H3. The Hall–Kier alpha value is -1.29. The molecule has 0 aliphatic rings. The van der Waals surface area contributed by atoms with Crippen LogP contribution >= 0.6 is 15.9 Å². The van der Waals surface area contributed by atoms with Crippen molar-refractivity contribution in [2.45, 2.75) is 13.0 Å². The van der Waals surface area contributed by atoms with Gasteiger partial charge in [0.05, 0.1) is 13.5 Å². The van der Waals surface area contributed by atoms with Crippen LogP contribution in [0.2, 0.25) is 0 Å². The van der Waals surface area contributed by atoms with Gasteiger partial charge in [-0.15, -0.1) is 0 Å². The van der Waals surface area contributed by atoms with Gasteiger partial charge >= 0.3 is 5.97 Å². The van der Waals surface area contributed by atoms with Crippen molar-refractivity contribution in [3.63, 3.8) is 0 Å². The fraction of sp³-hybridized carbons (Fsp3) is 0.250. The van der Waals surface area contributed by atoms with Crippen LogP contribution in [0.25, 0.3) is 10.9 Å². The number of hydrogen-bond donors (Lipinski definition) is 0. The van der Waals surface area contributed by atoms with Crippen molar-refractivity contribution in [2.75, 3.05) is 7.11 Å². The molecule has 0 atom stereocenters. The highest BCUT2D eigenvalue weighted by Crippen LogP contribution is 2.24. The molecule has 0 unspecified atom stereocenters. The molecule has 84 valence electrons. The maximum absolute atomic E-state index is 11.1. The molecule has 0 bridgehead atoms. The zero-order valence-corrected chi connectivity index (χ0v) is 10.5. The van der Waals surface area contributed by atoms with Gasteiger partial charge in [0, 0.05) is 28.1 Å². The predicted molar refractivity (Wildman–Crippen MR) is 66.3 cm³/mol. The molecule has 1 aromatic carbocycles. The highest BCUT2D eigenvalue weighted by atomic mass is 79.9. The number of nitrogens with zero attached hydrogens (tertiary/aromatic N) is 1. The van der Waals surface area contributed by atoms with Crippen molar-refractivity contribution in [1.29, 1.82) is 0 Å². The summed E-state index contributed by atoms with van der Waals surface area (Å²) in [7, 11) is 1.41. The molecule has 1 aromatic heterocycles. The minimum Gasteiger partial charge on any atom is -0.469 e. The van der Waals surface area contributed by atoms with Crippen molar-refractivity contribution < 1.29 is 9.53 Å². The summed E-state index contributed by atoms with van der Waals surface area (Å²) < 4.78 is 7.75. The van der Waals surface area contributed by atoms with Gasteiger partial charge in [-0.1, -0.05) is 22.0 Å². The van der Waals surface area contributed by atoms with Crippen LogP contribution in [-0.2, 0) is 16.1 Å². The molecular weight excluding hydrogens is 270 g/mol. The summed E-state index contributed by atoms with van der Waals surface area (Å²) in [5.74, 6) is -0.183. The van der Waals surface area contributed by atoms with Gasteiger partial charge in [0.1, 0.15) is 0 Å². The number of methoxy groups -OCH3 is 1. The van der Waals surface area contributed by atoms with Gasteiger partial charge in [-0.3, -0.25) is 4.79 Å². The third kappa shape index (κ3) is 2.11. The van der Waals surface area contributed by atoms with Gasteiger partial charge in [-0.25, -0.2) is 0 Å². The van der Waals surface area contributed by atoms with Gasteiger partial charge in [0.2, 0.25) is 0 Å². The lowest BCUT2D eigenvalue weighted by Crippen LogP contribution is -2.05. The first-order valence-electron chi connectivity index (χ1n) is 5.02. The number of aryl methyl sites for hydroxylation is 1. The van der Waals surface area contributed by atoms with Crippen molar-refractivity contribution in [1.82, 2.24) is 4.57 Å². The molecule has 0 aliphatic heterocycles. The Labute approximate surface area is 102 Å². The fourth-order valence-electron chi connectivity index (χ4n) is 1.69. The second-order valence-corrected chi connectivity index (χ2v) is 4.36. The predicted octanol–water partition coefficient (Wildman–Crippen LogP) is 2.97. The van der Waals surface area contributed by atoms with Crippen LogP contribution in [0.5, 0.6) is 0 Å². The summed E-state index contributed by atoms with van der Waals surface area (Å²) in [5, 5.41) is 1.16. The van der Waals surface area contributed by atoms with Gasteiger partial charge in [0.25, 0.3) is 0 Å². The van der Waals surface area contributed by atoms with E-state index in [0.29, 0.717) is 13.0 Å². The van der Waals surface area contributed by atoms with Crippen LogP contribution in [0.3, 0.4) is 0 Å². The molecule has 0 fully saturated rings. The summed E-state index contributed by atoms with van der Waals surface area (Å²) in [6, 6.07) is 8.07. The molecule has 0 saturated carbocycles. The summed E-state index contributed by atoms with van der Waals surface area (Å²) in [5.41, 5.74) is 1.12. The van der Waals surface area contributed by atoms with Crippen LogP contribution in [0.15, 0.2) is 34.9 Å². The lowest BCUT2D eigenvalue weighted by atomic mass is 10.2. The summed E-state index contributed by atoms with van der Waals surface area (Å²) in [6.45, 7) is 0.645. The monoisotopic (exact) mass is 281 g/mol. The maximum Gasteiger partial charge on any atom is 0.307 e. The number of fused-ring (bicyclic) bond motifs is 1. The number of benzene rings is 1. The Bertz CT molecular complexity index is 519. The normalized spacial score (nSPS) is 10.6. The lowest BCUT2D eigenvalue weighted by molar-refractivity contribution is -0.140. The average molecular weight is 282 g/mol. The van der Waals surface area contributed by atoms with Crippen LogP contribution in [0.1, 0.15) is 6.42 Å². The minimum absolute atomic E-state index is 0.183. The van der Waals surface area contributed by atoms with Crippen LogP contribution in [0, 0.1) is 0 Å². The van der Waals surface area contributed by atoms with E-state index in [9.17, 15) is 4.79 Å². The van der Waals surface area contributed by atoms with Crippen molar-refractivity contribution in [2.24, 2.45) is 0 Å². The smallest absolute Gasteiger partial charge is 0.307 e. The summed E-state index contributed by atoms with van der Waals surface area (Å²) in [6.07, 6.45) is 2.38. The number of esters is 1.